The second-order valence-corrected chi connectivity index (χ2v) is 4.81. The van der Waals surface area contributed by atoms with Gasteiger partial charge in [0.05, 0.1) is 7.11 Å². The van der Waals surface area contributed by atoms with E-state index in [1.807, 2.05) is 0 Å². The first-order chi connectivity index (χ1) is 6.83. The Balaban J connectivity index is 2.00. The zero-order chi connectivity index (χ0) is 9.60. The first-order valence-electron chi connectivity index (χ1n) is 5.48. The molecule has 0 aromatic heterocycles. The molecule has 1 spiro atoms. The molecule has 0 saturated heterocycles. The van der Waals surface area contributed by atoms with E-state index >= 15 is 0 Å². The summed E-state index contributed by atoms with van der Waals surface area (Å²) in [5, 5.41) is 0. The molecule has 2 aliphatic carbocycles. The molecule has 0 heterocycles. The van der Waals surface area contributed by atoms with Gasteiger partial charge in [-0.05, 0) is 48.3 Å². The van der Waals surface area contributed by atoms with Crippen LogP contribution in [0.1, 0.15) is 30.4 Å². The van der Waals surface area contributed by atoms with Crippen molar-refractivity contribution < 1.29 is 4.74 Å². The highest BCUT2D eigenvalue weighted by Crippen LogP contribution is 2.52. The zero-order valence-electron chi connectivity index (χ0n) is 8.68. The van der Waals surface area contributed by atoms with Crippen molar-refractivity contribution in [2.75, 3.05) is 7.11 Å². The van der Waals surface area contributed by atoms with Gasteiger partial charge in [0.15, 0.2) is 0 Å². The molecule has 0 radical (unpaired) electrons. The van der Waals surface area contributed by atoms with Gasteiger partial charge in [0, 0.05) is 0 Å². The smallest absolute Gasteiger partial charge is 0.122 e. The summed E-state index contributed by atoms with van der Waals surface area (Å²) in [7, 11) is 1.78. The lowest BCUT2D eigenvalue weighted by molar-refractivity contribution is 0.148. The molecule has 3 rings (SSSR count). The van der Waals surface area contributed by atoms with Gasteiger partial charge in [-0.25, -0.2) is 0 Å². The van der Waals surface area contributed by atoms with E-state index < -0.39 is 0 Å². The number of ether oxygens (including phenoxy) is 1. The zero-order valence-corrected chi connectivity index (χ0v) is 8.68. The Morgan fingerprint density at radius 1 is 1.21 bits per heavy atom. The Kier molecular flexibility index (Phi) is 1.64. The first kappa shape index (κ1) is 8.34. The Bertz CT molecular complexity index is 363. The van der Waals surface area contributed by atoms with Crippen LogP contribution < -0.4 is 4.74 Å². The van der Waals surface area contributed by atoms with Gasteiger partial charge in [-0.15, -0.1) is 0 Å². The number of benzene rings is 1. The van der Waals surface area contributed by atoms with Crippen LogP contribution >= 0.6 is 0 Å². The molecule has 1 nitrogen and oxygen atoms in total. The molecule has 1 aromatic rings. The molecule has 0 N–H and O–H groups in total. The highest BCUT2D eigenvalue weighted by molar-refractivity contribution is 5.45. The Morgan fingerprint density at radius 3 is 2.71 bits per heavy atom. The predicted octanol–water partition coefficient (Wildman–Crippen LogP) is 2.96. The number of hydrogen-bond acceptors (Lipinski definition) is 1. The van der Waals surface area contributed by atoms with E-state index in [4.69, 9.17) is 4.74 Å². The second-order valence-electron chi connectivity index (χ2n) is 4.81. The van der Waals surface area contributed by atoms with E-state index in [0.29, 0.717) is 5.41 Å². The van der Waals surface area contributed by atoms with Crippen molar-refractivity contribution in [3.63, 3.8) is 0 Å². The maximum atomic E-state index is 5.42. The van der Waals surface area contributed by atoms with Gasteiger partial charge in [-0.2, -0.15) is 0 Å². The minimum atomic E-state index is 0.636. The number of hydrogen-bond donors (Lipinski definition) is 0. The average Bonchev–Trinajstić information content (AvgIpc) is 2.55. The molecule has 0 unspecified atom stereocenters. The molecule has 0 amide bonds. The van der Waals surface area contributed by atoms with Crippen molar-refractivity contribution in [1.82, 2.24) is 0 Å². The second kappa shape index (κ2) is 2.75. The van der Waals surface area contributed by atoms with Gasteiger partial charge >= 0.3 is 0 Å². The standard InChI is InChI=1S/C13H16O/c1-14-12-5-2-4-10-8-13(6-3-7-13)9-11(10)12/h2,4-5H,3,6-9H2,1H3. The topological polar surface area (TPSA) is 9.23 Å². The molecule has 14 heavy (non-hydrogen) atoms. The SMILES string of the molecule is COc1cccc2c1CC1(CCC1)C2. The minimum absolute atomic E-state index is 0.636. The molecule has 0 aliphatic heterocycles. The highest BCUT2D eigenvalue weighted by Gasteiger charge is 2.42. The van der Waals surface area contributed by atoms with Gasteiger partial charge in [-0.1, -0.05) is 18.6 Å². The number of fused-ring (bicyclic) bond motifs is 1. The van der Waals surface area contributed by atoms with Crippen LogP contribution in [0.5, 0.6) is 5.75 Å². The minimum Gasteiger partial charge on any atom is -0.496 e. The monoisotopic (exact) mass is 188 g/mol. The van der Waals surface area contributed by atoms with E-state index in [1.54, 1.807) is 7.11 Å². The Labute approximate surface area is 85.1 Å². The van der Waals surface area contributed by atoms with Gasteiger partial charge in [0.25, 0.3) is 0 Å². The van der Waals surface area contributed by atoms with Gasteiger partial charge < -0.3 is 4.74 Å². The molecule has 1 saturated carbocycles. The van der Waals surface area contributed by atoms with Crippen molar-refractivity contribution in [2.24, 2.45) is 5.41 Å². The summed E-state index contributed by atoms with van der Waals surface area (Å²) in [5.41, 5.74) is 3.65. The van der Waals surface area contributed by atoms with E-state index in [2.05, 4.69) is 18.2 Å². The molecule has 0 atom stereocenters. The quantitative estimate of drug-likeness (QED) is 0.658. The summed E-state index contributed by atoms with van der Waals surface area (Å²) >= 11 is 0. The van der Waals surface area contributed by atoms with Crippen LogP contribution in [0.2, 0.25) is 0 Å². The van der Waals surface area contributed by atoms with Gasteiger partial charge in [0.2, 0.25) is 0 Å². The van der Waals surface area contributed by atoms with Gasteiger partial charge in [0.1, 0.15) is 5.75 Å². The van der Waals surface area contributed by atoms with Crippen LogP contribution in [-0.2, 0) is 12.8 Å². The lowest BCUT2D eigenvalue weighted by atomic mass is 9.67. The average molecular weight is 188 g/mol. The van der Waals surface area contributed by atoms with Crippen molar-refractivity contribution in [2.45, 2.75) is 32.1 Å². The van der Waals surface area contributed by atoms with E-state index in [-0.39, 0.29) is 0 Å². The molecule has 2 aliphatic rings. The maximum absolute atomic E-state index is 5.42. The predicted molar refractivity (Wildman–Crippen MR) is 56.7 cm³/mol. The van der Waals surface area contributed by atoms with E-state index in [1.165, 1.54) is 43.2 Å². The van der Waals surface area contributed by atoms with Crippen molar-refractivity contribution in [3.05, 3.63) is 29.3 Å². The van der Waals surface area contributed by atoms with Crippen molar-refractivity contribution >= 4 is 0 Å². The summed E-state index contributed by atoms with van der Waals surface area (Å²) in [6.07, 6.45) is 6.82. The molecule has 1 fully saturated rings. The van der Waals surface area contributed by atoms with E-state index in [9.17, 15) is 0 Å². The van der Waals surface area contributed by atoms with Gasteiger partial charge in [-0.3, -0.25) is 0 Å². The Hall–Kier alpha value is -0.980. The van der Waals surface area contributed by atoms with Crippen LogP contribution in [0.15, 0.2) is 18.2 Å². The molecule has 74 valence electrons. The lowest BCUT2D eigenvalue weighted by Gasteiger charge is -2.38. The largest absolute Gasteiger partial charge is 0.496 e. The molecule has 0 bridgehead atoms. The van der Waals surface area contributed by atoms with Crippen LogP contribution in [0.3, 0.4) is 0 Å². The molecular weight excluding hydrogens is 172 g/mol. The fourth-order valence-electron chi connectivity index (χ4n) is 3.04. The summed E-state index contributed by atoms with van der Waals surface area (Å²) < 4.78 is 5.42. The maximum Gasteiger partial charge on any atom is 0.122 e. The highest BCUT2D eigenvalue weighted by atomic mass is 16.5. The fourth-order valence-corrected chi connectivity index (χ4v) is 3.04. The summed E-state index contributed by atoms with van der Waals surface area (Å²) in [5.74, 6) is 1.10. The number of rotatable bonds is 1. The summed E-state index contributed by atoms with van der Waals surface area (Å²) in [4.78, 5) is 0. The molecular formula is C13H16O. The van der Waals surface area contributed by atoms with Crippen LogP contribution in [0.25, 0.3) is 0 Å². The molecule has 1 aromatic carbocycles. The van der Waals surface area contributed by atoms with Crippen LogP contribution in [-0.4, -0.2) is 7.11 Å². The van der Waals surface area contributed by atoms with Crippen LogP contribution in [0, 0.1) is 5.41 Å². The van der Waals surface area contributed by atoms with E-state index in [0.717, 1.165) is 5.75 Å². The molecule has 1 heteroatoms. The van der Waals surface area contributed by atoms with Crippen LogP contribution in [0.4, 0.5) is 0 Å². The lowest BCUT2D eigenvalue weighted by Crippen LogP contribution is -2.29. The van der Waals surface area contributed by atoms with Crippen molar-refractivity contribution in [1.29, 1.82) is 0 Å². The third-order valence-corrected chi connectivity index (χ3v) is 3.98. The third-order valence-electron chi connectivity index (χ3n) is 3.98. The normalized spacial score (nSPS) is 21.8. The number of methoxy groups -OCH3 is 1. The first-order valence-corrected chi connectivity index (χ1v) is 5.48. The Morgan fingerprint density at radius 2 is 2.07 bits per heavy atom. The van der Waals surface area contributed by atoms with Crippen molar-refractivity contribution in [3.8, 4) is 5.75 Å². The third kappa shape index (κ3) is 1.01. The summed E-state index contributed by atoms with van der Waals surface area (Å²) in [6.45, 7) is 0. The summed E-state index contributed by atoms with van der Waals surface area (Å²) in [6, 6.07) is 6.48. The fraction of sp³-hybridized carbons (Fsp3) is 0.538.